The Balaban J connectivity index is 5.54. The number of rotatable bonds is 17. The molecule has 0 aliphatic heterocycles. The van der Waals surface area contributed by atoms with Crippen LogP contribution in [0.15, 0.2) is 9.98 Å². The van der Waals surface area contributed by atoms with Crippen LogP contribution >= 0.6 is 0 Å². The van der Waals surface area contributed by atoms with Gasteiger partial charge in [-0.3, -0.25) is 29.2 Å². The first-order chi connectivity index (χ1) is 16.4. The predicted molar refractivity (Wildman–Crippen MR) is 126 cm³/mol. The monoisotopic (exact) mass is 501 g/mol. The molecule has 0 fully saturated rings. The van der Waals surface area contributed by atoms with Crippen molar-refractivity contribution < 1.29 is 29.1 Å². The van der Waals surface area contributed by atoms with E-state index in [1.54, 1.807) is 0 Å². The Bertz CT molecular complexity index is 809. The first kappa shape index (κ1) is 30.8. The molecule has 0 aromatic rings. The van der Waals surface area contributed by atoms with Gasteiger partial charge >= 0.3 is 5.97 Å². The van der Waals surface area contributed by atoms with E-state index in [9.17, 15) is 29.1 Å². The van der Waals surface area contributed by atoms with Gasteiger partial charge in [-0.25, -0.2) is 4.79 Å². The molecule has 198 valence electrons. The highest BCUT2D eigenvalue weighted by Crippen LogP contribution is 2.05. The van der Waals surface area contributed by atoms with Gasteiger partial charge in [0.05, 0.1) is 13.0 Å². The zero-order valence-corrected chi connectivity index (χ0v) is 19.2. The molecule has 0 spiro atoms. The molecule has 0 rings (SSSR count). The van der Waals surface area contributed by atoms with Crippen LogP contribution in [0.25, 0.3) is 0 Å². The van der Waals surface area contributed by atoms with Crippen molar-refractivity contribution in [3.8, 4) is 0 Å². The summed E-state index contributed by atoms with van der Waals surface area (Å²) in [6.07, 6.45) is -0.00924. The number of carbonyl (C=O) groups excluding carboxylic acids is 4. The van der Waals surface area contributed by atoms with Gasteiger partial charge in [-0.05, 0) is 25.7 Å². The zero-order chi connectivity index (χ0) is 27.0. The fraction of sp³-hybridized carbons (Fsp3) is 0.611. The van der Waals surface area contributed by atoms with Gasteiger partial charge in [0.25, 0.3) is 0 Å². The van der Waals surface area contributed by atoms with Crippen molar-refractivity contribution >= 4 is 41.5 Å². The summed E-state index contributed by atoms with van der Waals surface area (Å²) in [7, 11) is 0. The van der Waals surface area contributed by atoms with E-state index in [4.69, 9.17) is 34.4 Å². The third-order valence-corrected chi connectivity index (χ3v) is 4.38. The van der Waals surface area contributed by atoms with Gasteiger partial charge < -0.3 is 55.5 Å². The third-order valence-electron chi connectivity index (χ3n) is 4.38. The first-order valence-electron chi connectivity index (χ1n) is 10.6. The summed E-state index contributed by atoms with van der Waals surface area (Å²) in [5, 5.41) is 16.3. The molecule has 0 unspecified atom stereocenters. The normalized spacial score (nSPS) is 12.8. The van der Waals surface area contributed by atoms with E-state index >= 15 is 0 Å². The fourth-order valence-electron chi connectivity index (χ4n) is 2.74. The van der Waals surface area contributed by atoms with Gasteiger partial charge in [-0.2, -0.15) is 0 Å². The number of amides is 4. The summed E-state index contributed by atoms with van der Waals surface area (Å²) in [4.78, 5) is 67.5. The van der Waals surface area contributed by atoms with E-state index in [1.165, 1.54) is 0 Å². The minimum absolute atomic E-state index is 0.00280. The molecule has 0 aromatic heterocycles. The van der Waals surface area contributed by atoms with Crippen molar-refractivity contribution in [3.05, 3.63) is 0 Å². The number of nitrogens with two attached hydrogens (primary N) is 6. The number of carbonyl (C=O) groups is 5. The number of carboxylic acid groups (broad SMARTS) is 1. The van der Waals surface area contributed by atoms with E-state index in [2.05, 4.69) is 25.9 Å². The Morgan fingerprint density at radius 3 is 1.51 bits per heavy atom. The highest BCUT2D eigenvalue weighted by molar-refractivity contribution is 5.94. The molecule has 0 saturated carbocycles. The van der Waals surface area contributed by atoms with E-state index in [0.29, 0.717) is 6.42 Å². The van der Waals surface area contributed by atoms with Crippen molar-refractivity contribution in [1.29, 1.82) is 0 Å². The SMILES string of the molecule is NCC(=O)N[C@@H](CCCN=C(N)N)C(=O)N[C@@H](CCCN=C(N)N)C(=O)N[C@@H](CC(N)=O)C(=O)O. The molecule has 16 N–H and O–H groups in total. The average molecular weight is 502 g/mol. The minimum Gasteiger partial charge on any atom is -0.480 e. The Kier molecular flexibility index (Phi) is 14.5. The fourth-order valence-corrected chi connectivity index (χ4v) is 2.74. The summed E-state index contributed by atoms with van der Waals surface area (Å²) in [5.74, 6) is -4.99. The molecule has 0 aliphatic carbocycles. The number of aliphatic imine (C=N–C) groups is 2. The number of aliphatic carboxylic acids is 1. The second-order valence-electron chi connectivity index (χ2n) is 7.35. The van der Waals surface area contributed by atoms with Crippen LogP contribution in [0.5, 0.6) is 0 Å². The van der Waals surface area contributed by atoms with Crippen LogP contribution in [0.4, 0.5) is 0 Å². The highest BCUT2D eigenvalue weighted by atomic mass is 16.4. The maximum atomic E-state index is 12.9. The second kappa shape index (κ2) is 16.5. The number of primary amides is 1. The summed E-state index contributed by atoms with van der Waals surface area (Å²) in [6.45, 7) is -0.0779. The molecule has 35 heavy (non-hydrogen) atoms. The summed E-state index contributed by atoms with van der Waals surface area (Å²) >= 11 is 0. The largest absolute Gasteiger partial charge is 0.480 e. The number of nitrogens with zero attached hydrogens (tertiary/aromatic N) is 2. The van der Waals surface area contributed by atoms with Crippen LogP contribution in [0.2, 0.25) is 0 Å². The Morgan fingerprint density at radius 2 is 1.14 bits per heavy atom. The lowest BCUT2D eigenvalue weighted by Crippen LogP contribution is -2.56. The Hall–Kier alpha value is -4.15. The third kappa shape index (κ3) is 14.6. The van der Waals surface area contributed by atoms with Gasteiger partial charge in [0.15, 0.2) is 11.9 Å². The highest BCUT2D eigenvalue weighted by Gasteiger charge is 2.29. The van der Waals surface area contributed by atoms with Gasteiger partial charge in [-0.1, -0.05) is 0 Å². The minimum atomic E-state index is -1.61. The molecule has 0 aliphatic rings. The lowest BCUT2D eigenvalue weighted by atomic mass is 10.1. The van der Waals surface area contributed by atoms with E-state index < -0.39 is 54.1 Å². The van der Waals surface area contributed by atoms with Crippen LogP contribution in [0.1, 0.15) is 32.1 Å². The molecule has 17 heteroatoms. The first-order valence-corrected chi connectivity index (χ1v) is 10.6. The number of guanidine groups is 2. The lowest BCUT2D eigenvalue weighted by molar-refractivity contribution is -0.143. The zero-order valence-electron chi connectivity index (χ0n) is 19.2. The van der Waals surface area contributed by atoms with Crippen molar-refractivity contribution in [1.82, 2.24) is 16.0 Å². The van der Waals surface area contributed by atoms with Crippen LogP contribution in [0, 0.1) is 0 Å². The quantitative estimate of drug-likeness (QED) is 0.0508. The van der Waals surface area contributed by atoms with Crippen LogP contribution in [-0.2, 0) is 24.0 Å². The Labute approximate surface area is 201 Å². The van der Waals surface area contributed by atoms with Crippen LogP contribution in [0.3, 0.4) is 0 Å². The molecule has 4 amide bonds. The van der Waals surface area contributed by atoms with Crippen molar-refractivity contribution in [3.63, 3.8) is 0 Å². The second-order valence-corrected chi connectivity index (χ2v) is 7.35. The number of nitrogens with one attached hydrogen (secondary N) is 3. The van der Waals surface area contributed by atoms with Gasteiger partial charge in [0.2, 0.25) is 23.6 Å². The smallest absolute Gasteiger partial charge is 0.326 e. The van der Waals surface area contributed by atoms with Gasteiger partial charge in [0.1, 0.15) is 18.1 Å². The van der Waals surface area contributed by atoms with Crippen molar-refractivity contribution in [2.75, 3.05) is 19.6 Å². The average Bonchev–Trinajstić information content (AvgIpc) is 2.76. The molecule has 0 heterocycles. The molecule has 0 radical (unpaired) electrons. The molecule has 3 atom stereocenters. The molecular formula is C18H35N11O6. The summed E-state index contributed by atoms with van der Waals surface area (Å²) < 4.78 is 0. The van der Waals surface area contributed by atoms with Crippen molar-refractivity contribution in [2.45, 2.75) is 50.2 Å². The number of carboxylic acids is 1. The Morgan fingerprint density at radius 1 is 0.714 bits per heavy atom. The number of hydrogen-bond acceptors (Lipinski definition) is 8. The van der Waals surface area contributed by atoms with Gasteiger partial charge in [-0.15, -0.1) is 0 Å². The standard InChI is InChI=1S/C18H35N11O6/c19-8-13(31)27-9(3-1-5-25-17(21)22)14(32)28-10(4-2-6-26-18(23)24)15(33)29-11(16(34)35)7-12(20)30/h9-11H,1-8,19H2,(H2,20,30)(H,27,31)(H,28,32)(H,29,33)(H,34,35)(H4,21,22,25)(H4,23,24,26)/t9-,10-,11-/m0/s1. The maximum absolute atomic E-state index is 12.9. The van der Waals surface area contributed by atoms with Crippen LogP contribution < -0.4 is 50.4 Å². The van der Waals surface area contributed by atoms with E-state index in [1.807, 2.05) is 0 Å². The van der Waals surface area contributed by atoms with E-state index in [0.717, 1.165) is 0 Å². The molecule has 17 nitrogen and oxygen atoms in total. The maximum Gasteiger partial charge on any atom is 0.326 e. The molecule has 0 bridgehead atoms. The van der Waals surface area contributed by atoms with E-state index in [-0.39, 0.29) is 50.8 Å². The molecular weight excluding hydrogens is 466 g/mol. The van der Waals surface area contributed by atoms with Crippen LogP contribution in [-0.4, -0.2) is 84.4 Å². The summed E-state index contributed by atoms with van der Waals surface area (Å²) in [5.41, 5.74) is 31.4. The topological polar surface area (TPSA) is 323 Å². The molecule has 0 aromatic carbocycles. The van der Waals surface area contributed by atoms with Gasteiger partial charge in [0, 0.05) is 13.1 Å². The lowest BCUT2D eigenvalue weighted by Gasteiger charge is -2.24. The molecule has 0 saturated heterocycles. The predicted octanol–water partition coefficient (Wildman–Crippen LogP) is -5.53. The van der Waals surface area contributed by atoms with Crippen molar-refractivity contribution in [2.24, 2.45) is 44.4 Å². The number of hydrogen-bond donors (Lipinski definition) is 10. The summed E-state index contributed by atoms with van der Waals surface area (Å²) in [6, 6.07) is -3.94.